The van der Waals surface area contributed by atoms with Crippen LogP contribution in [0.2, 0.25) is 0 Å². The Hall–Kier alpha value is -3.73. The predicted octanol–water partition coefficient (Wildman–Crippen LogP) is 2.84. The van der Waals surface area contributed by atoms with Gasteiger partial charge in [0.1, 0.15) is 0 Å². The first-order chi connectivity index (χ1) is 12.0. The number of carbonyl (C=O) groups excluding carboxylic acids is 1. The van der Waals surface area contributed by atoms with Crippen LogP contribution in [0.4, 0.5) is 11.4 Å². The van der Waals surface area contributed by atoms with Crippen molar-refractivity contribution in [1.29, 1.82) is 5.26 Å². The molecule has 0 fully saturated rings. The zero-order valence-corrected chi connectivity index (χ0v) is 13.2. The molecule has 0 aliphatic carbocycles. The highest BCUT2D eigenvalue weighted by Gasteiger charge is 2.14. The van der Waals surface area contributed by atoms with Gasteiger partial charge >= 0.3 is 0 Å². The van der Waals surface area contributed by atoms with E-state index in [9.17, 15) is 14.9 Å². The van der Waals surface area contributed by atoms with Crippen LogP contribution in [-0.2, 0) is 9.63 Å². The molecule has 0 bridgehead atoms. The first-order valence-electron chi connectivity index (χ1n) is 7.24. The van der Waals surface area contributed by atoms with Crippen LogP contribution in [0.3, 0.4) is 0 Å². The normalized spacial score (nSPS) is 11.5. The standard InChI is InChI=1S/C17H14N4O4/c1-12(17(22)20-15-6-2-4-13(8-15)10-18)25-19-11-14-5-3-7-16(9-14)21(23)24/h2-9,11-12H,1H3,(H,20,22)/b19-11-/t12-/m0/s1. The molecule has 0 aromatic heterocycles. The van der Waals surface area contributed by atoms with Crippen LogP contribution in [0.5, 0.6) is 0 Å². The summed E-state index contributed by atoms with van der Waals surface area (Å²) in [6.45, 7) is 1.51. The maximum atomic E-state index is 12.0. The lowest BCUT2D eigenvalue weighted by atomic mass is 10.2. The topological polar surface area (TPSA) is 118 Å². The van der Waals surface area contributed by atoms with Crippen LogP contribution in [0, 0.1) is 21.4 Å². The van der Waals surface area contributed by atoms with Gasteiger partial charge in [0, 0.05) is 23.4 Å². The minimum Gasteiger partial charge on any atom is -0.383 e. The molecule has 0 spiro atoms. The lowest BCUT2D eigenvalue weighted by Gasteiger charge is -2.10. The molecule has 126 valence electrons. The lowest BCUT2D eigenvalue weighted by molar-refractivity contribution is -0.384. The van der Waals surface area contributed by atoms with E-state index in [0.29, 0.717) is 16.8 Å². The van der Waals surface area contributed by atoms with Gasteiger partial charge in [-0.05, 0) is 25.1 Å². The molecule has 0 aliphatic heterocycles. The number of nitrogens with zero attached hydrogens (tertiary/aromatic N) is 3. The number of nitrogens with one attached hydrogen (secondary N) is 1. The highest BCUT2D eigenvalue weighted by atomic mass is 16.6. The summed E-state index contributed by atoms with van der Waals surface area (Å²) in [5.74, 6) is -0.439. The van der Waals surface area contributed by atoms with Gasteiger partial charge in [0.05, 0.1) is 22.8 Å². The second-order valence-electron chi connectivity index (χ2n) is 5.02. The van der Waals surface area contributed by atoms with Crippen LogP contribution in [0.1, 0.15) is 18.1 Å². The van der Waals surface area contributed by atoms with Crippen LogP contribution in [0.15, 0.2) is 53.7 Å². The number of amides is 1. The molecule has 2 aromatic rings. The summed E-state index contributed by atoms with van der Waals surface area (Å²) in [6, 6.07) is 14.3. The van der Waals surface area contributed by atoms with E-state index < -0.39 is 16.9 Å². The van der Waals surface area contributed by atoms with Gasteiger partial charge < -0.3 is 10.2 Å². The van der Waals surface area contributed by atoms with Crippen molar-refractivity contribution in [2.45, 2.75) is 13.0 Å². The summed E-state index contributed by atoms with van der Waals surface area (Å²) in [5.41, 5.74) is 1.31. The predicted molar refractivity (Wildman–Crippen MR) is 91.0 cm³/mol. The Bertz CT molecular complexity index is 858. The number of nitro groups is 1. The summed E-state index contributed by atoms with van der Waals surface area (Å²) >= 11 is 0. The first-order valence-corrected chi connectivity index (χ1v) is 7.24. The van der Waals surface area contributed by atoms with Crippen molar-refractivity contribution in [2.24, 2.45) is 5.16 Å². The van der Waals surface area contributed by atoms with E-state index in [1.807, 2.05) is 6.07 Å². The summed E-state index contributed by atoms with van der Waals surface area (Å²) in [5, 5.41) is 25.8. The fourth-order valence-electron chi connectivity index (χ4n) is 1.86. The fourth-order valence-corrected chi connectivity index (χ4v) is 1.86. The third kappa shape index (κ3) is 5.14. The van der Waals surface area contributed by atoms with Crippen molar-refractivity contribution in [1.82, 2.24) is 0 Å². The van der Waals surface area contributed by atoms with Crippen LogP contribution < -0.4 is 5.32 Å². The molecular formula is C17H14N4O4. The third-order valence-corrected chi connectivity index (χ3v) is 3.13. The van der Waals surface area contributed by atoms with Crippen molar-refractivity contribution in [3.63, 3.8) is 0 Å². The number of nitriles is 1. The van der Waals surface area contributed by atoms with Crippen molar-refractivity contribution in [3.05, 3.63) is 69.8 Å². The number of rotatable bonds is 6. The smallest absolute Gasteiger partial charge is 0.270 e. The molecule has 0 aliphatic rings. The number of hydrogen-bond donors (Lipinski definition) is 1. The molecule has 1 N–H and O–H groups in total. The Morgan fingerprint density at radius 1 is 1.36 bits per heavy atom. The van der Waals surface area contributed by atoms with E-state index in [1.54, 1.807) is 24.3 Å². The van der Waals surface area contributed by atoms with Gasteiger partial charge in [-0.2, -0.15) is 5.26 Å². The lowest BCUT2D eigenvalue weighted by Crippen LogP contribution is -2.26. The van der Waals surface area contributed by atoms with Crippen molar-refractivity contribution in [3.8, 4) is 6.07 Å². The number of non-ortho nitro benzene ring substituents is 1. The number of carbonyl (C=O) groups is 1. The number of benzene rings is 2. The Balaban J connectivity index is 1.93. The molecule has 0 saturated heterocycles. The molecule has 1 amide bonds. The van der Waals surface area contributed by atoms with Crippen LogP contribution in [-0.4, -0.2) is 23.1 Å². The van der Waals surface area contributed by atoms with Crippen molar-refractivity contribution in [2.75, 3.05) is 5.32 Å². The van der Waals surface area contributed by atoms with Gasteiger partial charge in [0.2, 0.25) is 6.10 Å². The Labute approximate surface area is 143 Å². The van der Waals surface area contributed by atoms with Crippen molar-refractivity contribution < 1.29 is 14.6 Å². The zero-order chi connectivity index (χ0) is 18.2. The number of oxime groups is 1. The summed E-state index contributed by atoms with van der Waals surface area (Å²) in [4.78, 5) is 27.3. The summed E-state index contributed by atoms with van der Waals surface area (Å²) in [6.07, 6.45) is 0.397. The maximum Gasteiger partial charge on any atom is 0.270 e. The average Bonchev–Trinajstić information content (AvgIpc) is 2.62. The largest absolute Gasteiger partial charge is 0.383 e. The number of hydrogen-bond acceptors (Lipinski definition) is 6. The van der Waals surface area contributed by atoms with Gasteiger partial charge in [-0.15, -0.1) is 0 Å². The molecule has 0 saturated carbocycles. The fraction of sp³-hybridized carbons (Fsp3) is 0.118. The van der Waals surface area contributed by atoms with E-state index in [0.717, 1.165) is 0 Å². The van der Waals surface area contributed by atoms with Crippen molar-refractivity contribution >= 4 is 23.5 Å². The first kappa shape index (κ1) is 17.6. The highest BCUT2D eigenvalue weighted by molar-refractivity contribution is 5.94. The molecule has 8 nitrogen and oxygen atoms in total. The van der Waals surface area contributed by atoms with E-state index in [4.69, 9.17) is 10.1 Å². The van der Waals surface area contributed by atoms with E-state index in [-0.39, 0.29) is 5.69 Å². The average molecular weight is 338 g/mol. The summed E-state index contributed by atoms with van der Waals surface area (Å²) < 4.78 is 0. The van der Waals surface area contributed by atoms with Gasteiger partial charge in [0.25, 0.3) is 11.6 Å². The molecule has 0 heterocycles. The van der Waals surface area contributed by atoms with Gasteiger partial charge in [-0.3, -0.25) is 14.9 Å². The zero-order valence-electron chi connectivity index (χ0n) is 13.2. The second kappa shape index (κ2) is 8.21. The Morgan fingerprint density at radius 2 is 2.12 bits per heavy atom. The minimum absolute atomic E-state index is 0.0629. The van der Waals surface area contributed by atoms with Crippen LogP contribution in [0.25, 0.3) is 0 Å². The summed E-state index contributed by atoms with van der Waals surface area (Å²) in [7, 11) is 0. The maximum absolute atomic E-state index is 12.0. The molecule has 2 rings (SSSR count). The van der Waals surface area contributed by atoms with Gasteiger partial charge in [-0.1, -0.05) is 23.4 Å². The Kier molecular flexibility index (Phi) is 5.79. The monoisotopic (exact) mass is 338 g/mol. The molecule has 0 unspecified atom stereocenters. The van der Waals surface area contributed by atoms with E-state index in [1.165, 1.54) is 37.4 Å². The molecule has 2 aromatic carbocycles. The molecule has 0 radical (unpaired) electrons. The SMILES string of the molecule is C[C@H](O/N=C\c1cccc([N+](=O)[O-])c1)C(=O)Nc1cccc(C#N)c1. The molecule has 8 heteroatoms. The number of anilines is 1. The molecular weight excluding hydrogens is 324 g/mol. The Morgan fingerprint density at radius 3 is 2.84 bits per heavy atom. The molecule has 1 atom stereocenters. The van der Waals surface area contributed by atoms with Gasteiger partial charge in [-0.25, -0.2) is 0 Å². The van der Waals surface area contributed by atoms with E-state index in [2.05, 4.69) is 10.5 Å². The minimum atomic E-state index is -0.888. The second-order valence-corrected chi connectivity index (χ2v) is 5.02. The third-order valence-electron chi connectivity index (χ3n) is 3.13. The molecule has 25 heavy (non-hydrogen) atoms. The number of nitro benzene ring substituents is 1. The highest BCUT2D eigenvalue weighted by Crippen LogP contribution is 2.12. The van der Waals surface area contributed by atoms with E-state index >= 15 is 0 Å². The van der Waals surface area contributed by atoms with Gasteiger partial charge in [0.15, 0.2) is 0 Å². The van der Waals surface area contributed by atoms with Crippen LogP contribution >= 0.6 is 0 Å². The quantitative estimate of drug-likeness (QED) is 0.493.